The van der Waals surface area contributed by atoms with Gasteiger partial charge >= 0.3 is 0 Å². The van der Waals surface area contributed by atoms with Crippen molar-refractivity contribution in [3.8, 4) is 0 Å². The van der Waals surface area contributed by atoms with Crippen LogP contribution in [0.4, 0.5) is 0 Å². The van der Waals surface area contributed by atoms with Crippen molar-refractivity contribution in [3.05, 3.63) is 24.3 Å². The minimum Gasteiger partial charge on any atom is -0.392 e. The van der Waals surface area contributed by atoms with E-state index < -0.39 is 7.92 Å². The summed E-state index contributed by atoms with van der Waals surface area (Å²) in [6.45, 7) is 0. The zero-order valence-corrected chi connectivity index (χ0v) is 7.24. The first-order valence-corrected chi connectivity index (χ1v) is 5.55. The van der Waals surface area contributed by atoms with Crippen LogP contribution >= 0.6 is 7.92 Å². The van der Waals surface area contributed by atoms with Crippen molar-refractivity contribution in [1.82, 2.24) is 0 Å². The van der Waals surface area contributed by atoms with Gasteiger partial charge in [-0.3, -0.25) is 0 Å². The van der Waals surface area contributed by atoms with Crippen LogP contribution in [0.1, 0.15) is 0 Å². The average Bonchev–Trinajstić information content (AvgIpc) is 2.52. The van der Waals surface area contributed by atoms with Crippen molar-refractivity contribution in [2.45, 2.75) is 0 Å². The summed E-state index contributed by atoms with van der Waals surface area (Å²) in [6.07, 6.45) is 9.41. The van der Waals surface area contributed by atoms with E-state index in [2.05, 4.69) is 12.2 Å². The van der Waals surface area contributed by atoms with Gasteiger partial charge in [0.2, 0.25) is 0 Å². The van der Waals surface area contributed by atoms with Crippen molar-refractivity contribution in [3.63, 3.8) is 0 Å². The molecule has 3 heteroatoms. The zero-order chi connectivity index (χ0) is 8.10. The SMILES string of the molecule is OCP(CO)CC1C=CC=C1. The maximum atomic E-state index is 8.81. The predicted octanol–water partition coefficient (Wildman–Crippen LogP) is 1.11. The highest BCUT2D eigenvalue weighted by Crippen LogP contribution is 2.36. The lowest BCUT2D eigenvalue weighted by atomic mass is 10.2. The Labute approximate surface area is 68.0 Å². The van der Waals surface area contributed by atoms with E-state index in [-0.39, 0.29) is 12.7 Å². The molecule has 11 heavy (non-hydrogen) atoms. The monoisotopic (exact) mass is 172 g/mol. The summed E-state index contributed by atoms with van der Waals surface area (Å²) in [5.41, 5.74) is 0. The van der Waals surface area contributed by atoms with Gasteiger partial charge in [0.1, 0.15) is 0 Å². The summed E-state index contributed by atoms with van der Waals surface area (Å²) >= 11 is 0. The second kappa shape index (κ2) is 4.66. The summed E-state index contributed by atoms with van der Waals surface area (Å²) < 4.78 is 0. The lowest BCUT2D eigenvalue weighted by Crippen LogP contribution is -2.01. The molecule has 0 heterocycles. The van der Waals surface area contributed by atoms with Crippen LogP contribution in [0.15, 0.2) is 24.3 Å². The molecule has 0 amide bonds. The van der Waals surface area contributed by atoms with Crippen LogP contribution in [0.3, 0.4) is 0 Å². The lowest BCUT2D eigenvalue weighted by Gasteiger charge is -2.13. The number of aliphatic hydroxyl groups excluding tert-OH is 2. The summed E-state index contributed by atoms with van der Waals surface area (Å²) in [4.78, 5) is 0. The molecular weight excluding hydrogens is 159 g/mol. The number of hydrogen-bond donors (Lipinski definition) is 2. The van der Waals surface area contributed by atoms with E-state index in [1.54, 1.807) is 0 Å². The van der Waals surface area contributed by atoms with E-state index in [4.69, 9.17) is 10.2 Å². The first-order valence-electron chi connectivity index (χ1n) is 3.66. The third-order valence-electron chi connectivity index (χ3n) is 1.70. The number of allylic oxidation sites excluding steroid dienone is 4. The van der Waals surface area contributed by atoms with Crippen molar-refractivity contribution in [2.75, 3.05) is 18.9 Å². The molecule has 0 spiro atoms. The Morgan fingerprint density at radius 1 is 1.09 bits per heavy atom. The number of aliphatic hydroxyl groups is 2. The summed E-state index contributed by atoms with van der Waals surface area (Å²) in [7, 11) is -0.559. The molecule has 0 atom stereocenters. The highest BCUT2D eigenvalue weighted by atomic mass is 31.1. The maximum Gasteiger partial charge on any atom is 0.0646 e. The second-order valence-electron chi connectivity index (χ2n) is 2.57. The van der Waals surface area contributed by atoms with Gasteiger partial charge in [-0.1, -0.05) is 32.2 Å². The Balaban J connectivity index is 2.28. The predicted molar refractivity (Wildman–Crippen MR) is 47.7 cm³/mol. The van der Waals surface area contributed by atoms with Gasteiger partial charge in [0.25, 0.3) is 0 Å². The topological polar surface area (TPSA) is 40.5 Å². The number of rotatable bonds is 4. The molecular formula is C8H13O2P. The Bertz CT molecular complexity index is 149. The molecule has 0 aliphatic heterocycles. The van der Waals surface area contributed by atoms with E-state index in [0.717, 1.165) is 6.16 Å². The largest absolute Gasteiger partial charge is 0.392 e. The third kappa shape index (κ3) is 2.74. The highest BCUT2D eigenvalue weighted by Gasteiger charge is 2.11. The van der Waals surface area contributed by atoms with Crippen LogP contribution in [0.25, 0.3) is 0 Å². The maximum absolute atomic E-state index is 8.81. The Morgan fingerprint density at radius 3 is 2.09 bits per heavy atom. The van der Waals surface area contributed by atoms with Gasteiger partial charge in [-0.15, -0.1) is 0 Å². The molecule has 0 unspecified atom stereocenters. The molecule has 0 saturated carbocycles. The van der Waals surface area contributed by atoms with Crippen molar-refractivity contribution in [2.24, 2.45) is 5.92 Å². The molecule has 2 nitrogen and oxygen atoms in total. The van der Waals surface area contributed by atoms with Crippen LogP contribution in [-0.2, 0) is 0 Å². The van der Waals surface area contributed by atoms with Crippen LogP contribution in [0.5, 0.6) is 0 Å². The van der Waals surface area contributed by atoms with E-state index in [1.165, 1.54) is 0 Å². The average molecular weight is 172 g/mol. The van der Waals surface area contributed by atoms with E-state index in [0.29, 0.717) is 5.92 Å². The van der Waals surface area contributed by atoms with Crippen molar-refractivity contribution < 1.29 is 10.2 Å². The lowest BCUT2D eigenvalue weighted by molar-refractivity contribution is 0.343. The molecule has 0 saturated heterocycles. The van der Waals surface area contributed by atoms with E-state index in [9.17, 15) is 0 Å². The zero-order valence-electron chi connectivity index (χ0n) is 6.35. The Hall–Kier alpha value is -0.170. The fourth-order valence-corrected chi connectivity index (χ4v) is 2.22. The molecule has 0 bridgehead atoms. The summed E-state index contributed by atoms with van der Waals surface area (Å²) in [6, 6.07) is 0. The minimum absolute atomic E-state index is 0.143. The molecule has 0 aromatic carbocycles. The van der Waals surface area contributed by atoms with Gasteiger partial charge in [-0.25, -0.2) is 0 Å². The van der Waals surface area contributed by atoms with E-state index >= 15 is 0 Å². The first kappa shape index (κ1) is 8.92. The first-order chi connectivity index (χ1) is 5.36. The quantitative estimate of drug-likeness (QED) is 0.623. The second-order valence-corrected chi connectivity index (χ2v) is 4.84. The van der Waals surface area contributed by atoms with Crippen LogP contribution in [0.2, 0.25) is 0 Å². The van der Waals surface area contributed by atoms with Gasteiger partial charge in [-0.05, 0) is 12.1 Å². The van der Waals surface area contributed by atoms with Gasteiger partial charge in [0, 0.05) is 0 Å². The van der Waals surface area contributed by atoms with Gasteiger partial charge < -0.3 is 10.2 Å². The molecule has 62 valence electrons. The molecule has 0 fully saturated rings. The Morgan fingerprint density at radius 2 is 1.64 bits per heavy atom. The summed E-state index contributed by atoms with van der Waals surface area (Å²) in [5, 5.41) is 17.6. The fourth-order valence-electron chi connectivity index (χ4n) is 1.06. The molecule has 2 N–H and O–H groups in total. The van der Waals surface area contributed by atoms with Crippen LogP contribution in [-0.4, -0.2) is 29.1 Å². The van der Waals surface area contributed by atoms with Crippen LogP contribution in [0, 0.1) is 5.92 Å². The molecule has 0 aromatic rings. The normalized spacial score (nSPS) is 17.0. The van der Waals surface area contributed by atoms with Crippen molar-refractivity contribution >= 4 is 7.92 Å². The van der Waals surface area contributed by atoms with Crippen LogP contribution < -0.4 is 0 Å². The summed E-state index contributed by atoms with van der Waals surface area (Å²) in [5.74, 6) is 0.445. The van der Waals surface area contributed by atoms with Gasteiger partial charge in [0.05, 0.1) is 12.7 Å². The standard InChI is InChI=1S/C8H13O2P/c9-6-11(7-10)5-8-3-1-2-4-8/h1-4,8-10H,5-7H2. The molecule has 1 aliphatic rings. The van der Waals surface area contributed by atoms with Gasteiger partial charge in [0.15, 0.2) is 0 Å². The van der Waals surface area contributed by atoms with E-state index in [1.807, 2.05) is 12.2 Å². The minimum atomic E-state index is -0.559. The molecule has 1 rings (SSSR count). The molecule has 1 aliphatic carbocycles. The van der Waals surface area contributed by atoms with Crippen molar-refractivity contribution in [1.29, 1.82) is 0 Å². The molecule has 0 aromatic heterocycles. The highest BCUT2D eigenvalue weighted by molar-refractivity contribution is 7.57. The third-order valence-corrected chi connectivity index (χ3v) is 3.43. The molecule has 0 radical (unpaired) electrons. The fraction of sp³-hybridized carbons (Fsp3) is 0.500. The van der Waals surface area contributed by atoms with Gasteiger partial charge in [-0.2, -0.15) is 0 Å². The number of hydrogen-bond acceptors (Lipinski definition) is 2. The smallest absolute Gasteiger partial charge is 0.0646 e. The Kier molecular flexibility index (Phi) is 3.78.